The van der Waals surface area contributed by atoms with Crippen LogP contribution in [0.4, 0.5) is 23.7 Å². The van der Waals surface area contributed by atoms with Crippen LogP contribution < -0.4 is 5.32 Å². The highest BCUT2D eigenvalue weighted by Crippen LogP contribution is 2.30. The maximum atomic E-state index is 13.8. The van der Waals surface area contributed by atoms with E-state index in [0.717, 1.165) is 12.1 Å². The minimum atomic E-state index is -4.48. The fraction of sp³-hybridized carbons (Fsp3) is 0.345. The maximum absolute atomic E-state index is 13.8. The number of ether oxygens (including phenoxy) is 1. The van der Waals surface area contributed by atoms with Gasteiger partial charge in [-0.15, -0.1) is 0 Å². The van der Waals surface area contributed by atoms with E-state index in [1.54, 1.807) is 6.92 Å². The molecular weight excluding hydrogens is 539 g/mol. The number of esters is 1. The molecular formula is C29H30F3N5O4. The number of urea groups is 1. The Hall–Kier alpha value is -4.48. The molecule has 9 nitrogen and oxygen atoms in total. The normalized spacial score (nSPS) is 15.6. The molecule has 1 aromatic heterocycles. The number of carbonyl (C=O) groups excluding carboxylic acids is 3. The highest BCUT2D eigenvalue weighted by molar-refractivity contribution is 6.05. The number of aromatic nitrogens is 2. The van der Waals surface area contributed by atoms with Crippen molar-refractivity contribution < 1.29 is 32.3 Å². The molecule has 1 atom stereocenters. The summed E-state index contributed by atoms with van der Waals surface area (Å²) in [4.78, 5) is 51.7. The number of anilines is 1. The highest BCUT2D eigenvalue weighted by atomic mass is 19.4. The summed E-state index contributed by atoms with van der Waals surface area (Å²) >= 11 is 0. The molecule has 1 aliphatic rings. The smallest absolute Gasteiger partial charge is 0.416 e. The van der Waals surface area contributed by atoms with Crippen molar-refractivity contribution >= 4 is 23.6 Å². The van der Waals surface area contributed by atoms with Crippen LogP contribution in [0.5, 0.6) is 0 Å². The van der Waals surface area contributed by atoms with Crippen molar-refractivity contribution in [3.8, 4) is 11.4 Å². The van der Waals surface area contributed by atoms with E-state index in [0.29, 0.717) is 17.1 Å². The van der Waals surface area contributed by atoms with Gasteiger partial charge >= 0.3 is 18.2 Å². The van der Waals surface area contributed by atoms with Crippen LogP contribution in [0.25, 0.3) is 11.4 Å². The molecule has 12 heteroatoms. The van der Waals surface area contributed by atoms with Gasteiger partial charge in [0, 0.05) is 36.9 Å². The summed E-state index contributed by atoms with van der Waals surface area (Å²) in [6.45, 7) is 5.90. The van der Waals surface area contributed by atoms with Crippen LogP contribution in [-0.2, 0) is 10.9 Å². The number of alkyl halides is 3. The second-order valence-corrected chi connectivity index (χ2v) is 9.97. The molecule has 2 heterocycles. The van der Waals surface area contributed by atoms with Crippen molar-refractivity contribution in [3.63, 3.8) is 0 Å². The molecule has 0 bridgehead atoms. The second-order valence-electron chi connectivity index (χ2n) is 9.97. The van der Waals surface area contributed by atoms with Crippen LogP contribution in [0.1, 0.15) is 58.8 Å². The average Bonchev–Trinajstić information content (AvgIpc) is 2.95. The summed E-state index contributed by atoms with van der Waals surface area (Å²) in [5.74, 6) is -1.14. The van der Waals surface area contributed by atoms with Crippen molar-refractivity contribution in [2.75, 3.05) is 32.1 Å². The first kappa shape index (κ1) is 29.5. The van der Waals surface area contributed by atoms with Crippen LogP contribution in [-0.4, -0.2) is 70.5 Å². The number of amides is 3. The Morgan fingerprint density at radius 1 is 1.00 bits per heavy atom. The maximum Gasteiger partial charge on any atom is 0.416 e. The number of methoxy groups -OCH3 is 1. The van der Waals surface area contributed by atoms with Gasteiger partial charge in [0.25, 0.3) is 5.91 Å². The summed E-state index contributed by atoms with van der Waals surface area (Å²) in [5.41, 5.74) is 0.386. The topological polar surface area (TPSA) is 105 Å². The molecule has 0 radical (unpaired) electrons. The summed E-state index contributed by atoms with van der Waals surface area (Å²) in [6, 6.07) is 12.3. The third-order valence-corrected chi connectivity index (χ3v) is 6.75. The molecule has 0 aliphatic carbocycles. The van der Waals surface area contributed by atoms with E-state index in [4.69, 9.17) is 4.74 Å². The molecule has 0 saturated carbocycles. The largest absolute Gasteiger partial charge is 0.465 e. The van der Waals surface area contributed by atoms with Crippen molar-refractivity contribution in [2.45, 2.75) is 38.9 Å². The minimum Gasteiger partial charge on any atom is -0.465 e. The van der Waals surface area contributed by atoms with Crippen LogP contribution in [0.15, 0.2) is 54.6 Å². The number of rotatable bonds is 5. The number of nitrogens with zero attached hydrogens (tertiary/aromatic N) is 4. The lowest BCUT2D eigenvalue weighted by atomic mass is 10.00. The van der Waals surface area contributed by atoms with Gasteiger partial charge in [0.1, 0.15) is 11.3 Å². The quantitative estimate of drug-likeness (QED) is 0.410. The van der Waals surface area contributed by atoms with E-state index in [2.05, 4.69) is 15.3 Å². The van der Waals surface area contributed by atoms with Gasteiger partial charge in [-0.2, -0.15) is 13.2 Å². The summed E-state index contributed by atoms with van der Waals surface area (Å²) in [7, 11) is 1.22. The first-order valence-electron chi connectivity index (χ1n) is 13.0. The molecule has 216 valence electrons. The number of hydrogen-bond donors (Lipinski definition) is 1. The molecule has 1 saturated heterocycles. The monoisotopic (exact) mass is 569 g/mol. The molecule has 41 heavy (non-hydrogen) atoms. The molecule has 4 rings (SSSR count). The number of piperazine rings is 1. The zero-order chi connectivity index (χ0) is 29.9. The van der Waals surface area contributed by atoms with Crippen LogP contribution in [0.2, 0.25) is 0 Å². The van der Waals surface area contributed by atoms with Gasteiger partial charge in [-0.3, -0.25) is 4.79 Å². The first-order valence-corrected chi connectivity index (χ1v) is 13.0. The Morgan fingerprint density at radius 2 is 1.66 bits per heavy atom. The Balaban J connectivity index is 1.57. The van der Waals surface area contributed by atoms with Crippen LogP contribution in [0.3, 0.4) is 0 Å². The lowest BCUT2D eigenvalue weighted by Crippen LogP contribution is -2.56. The Labute approximate surface area is 235 Å². The van der Waals surface area contributed by atoms with Gasteiger partial charge in [-0.05, 0) is 37.1 Å². The van der Waals surface area contributed by atoms with E-state index >= 15 is 0 Å². The highest BCUT2D eigenvalue weighted by Gasteiger charge is 2.35. The van der Waals surface area contributed by atoms with Gasteiger partial charge in [-0.1, -0.05) is 44.2 Å². The van der Waals surface area contributed by atoms with Crippen molar-refractivity contribution in [3.05, 3.63) is 77.1 Å². The van der Waals surface area contributed by atoms with E-state index in [9.17, 15) is 27.6 Å². The molecule has 0 spiro atoms. The standard InChI is InChI=1S/C29H30F3N5O4/c1-17(2)23-22(27(39)41-4)24(35-25(34-23)19-8-6-5-7-9-19)26(38)36-14-15-37(18(3)16-36)28(40)33-21-12-10-20(11-13-21)29(30,31)32/h5-13,17-18H,14-16H2,1-4H3,(H,33,40). The van der Waals surface area contributed by atoms with Gasteiger partial charge < -0.3 is 19.9 Å². The molecule has 3 aromatic rings. The zero-order valence-corrected chi connectivity index (χ0v) is 23.0. The van der Waals surface area contributed by atoms with Gasteiger partial charge in [0.05, 0.1) is 18.4 Å². The van der Waals surface area contributed by atoms with Crippen molar-refractivity contribution in [2.24, 2.45) is 0 Å². The number of hydrogen-bond acceptors (Lipinski definition) is 6. The zero-order valence-electron chi connectivity index (χ0n) is 23.0. The molecule has 1 unspecified atom stereocenters. The molecule has 1 fully saturated rings. The Kier molecular flexibility index (Phi) is 8.60. The number of carbonyl (C=O) groups is 3. The van der Waals surface area contributed by atoms with Crippen molar-refractivity contribution in [1.29, 1.82) is 0 Å². The summed E-state index contributed by atoms with van der Waals surface area (Å²) in [6.07, 6.45) is -4.48. The summed E-state index contributed by atoms with van der Waals surface area (Å²) < 4.78 is 43.5. The minimum absolute atomic E-state index is 0.00214. The number of benzene rings is 2. The van der Waals surface area contributed by atoms with Crippen LogP contribution in [0, 0.1) is 0 Å². The summed E-state index contributed by atoms with van der Waals surface area (Å²) in [5, 5.41) is 2.61. The second kappa shape index (κ2) is 11.9. The van der Waals surface area contributed by atoms with E-state index in [1.165, 1.54) is 29.0 Å². The molecule has 1 aliphatic heterocycles. The van der Waals surface area contributed by atoms with E-state index in [-0.39, 0.29) is 42.5 Å². The lowest BCUT2D eigenvalue weighted by Gasteiger charge is -2.39. The third kappa shape index (κ3) is 6.47. The van der Waals surface area contributed by atoms with Gasteiger partial charge in [-0.25, -0.2) is 19.6 Å². The molecule has 2 aromatic carbocycles. The number of nitrogens with one attached hydrogen (secondary N) is 1. The SMILES string of the molecule is COC(=O)c1c(C(=O)N2CCN(C(=O)Nc3ccc(C(F)(F)F)cc3)C(C)C2)nc(-c2ccccc2)nc1C(C)C. The van der Waals surface area contributed by atoms with Gasteiger partial charge in [0.15, 0.2) is 5.82 Å². The predicted molar refractivity (Wildman–Crippen MR) is 145 cm³/mol. The average molecular weight is 570 g/mol. The fourth-order valence-electron chi connectivity index (χ4n) is 4.60. The van der Waals surface area contributed by atoms with E-state index in [1.807, 2.05) is 44.2 Å². The number of halogens is 3. The van der Waals surface area contributed by atoms with Gasteiger partial charge in [0.2, 0.25) is 0 Å². The first-order chi connectivity index (χ1) is 19.4. The fourth-order valence-corrected chi connectivity index (χ4v) is 4.60. The van der Waals surface area contributed by atoms with Crippen LogP contribution >= 0.6 is 0 Å². The molecule has 1 N–H and O–H groups in total. The van der Waals surface area contributed by atoms with E-state index < -0.39 is 35.7 Å². The lowest BCUT2D eigenvalue weighted by molar-refractivity contribution is -0.137. The van der Waals surface area contributed by atoms with Crippen molar-refractivity contribution in [1.82, 2.24) is 19.8 Å². The third-order valence-electron chi connectivity index (χ3n) is 6.75. The predicted octanol–water partition coefficient (Wildman–Crippen LogP) is 5.45. The molecule has 3 amide bonds. The Morgan fingerprint density at radius 3 is 2.22 bits per heavy atom. The Bertz CT molecular complexity index is 1430.